The summed E-state index contributed by atoms with van der Waals surface area (Å²) < 4.78 is 15.4. The Hall–Kier alpha value is -1.00. The minimum Gasteiger partial charge on any atom is -0.481 e. The Balaban J connectivity index is 2.08. The first-order valence-electron chi connectivity index (χ1n) is 3.88. The zero-order chi connectivity index (χ0) is 8.39. The Morgan fingerprint density at radius 1 is 1.25 bits per heavy atom. The van der Waals surface area contributed by atoms with Crippen LogP contribution in [0.2, 0.25) is 0 Å². The lowest BCUT2D eigenvalue weighted by Crippen LogP contribution is -2.16. The summed E-state index contributed by atoms with van der Waals surface area (Å²) in [6, 6.07) is 3.11. The van der Waals surface area contributed by atoms with E-state index in [1.807, 2.05) is 0 Å². The van der Waals surface area contributed by atoms with Gasteiger partial charge in [0.25, 0.3) is 5.95 Å². The lowest BCUT2D eigenvalue weighted by atomic mass is 10.4. The molecule has 0 amide bonds. The third kappa shape index (κ3) is 1.44. The summed E-state index contributed by atoms with van der Waals surface area (Å²) in [6.07, 6.45) is 0.461. The molecule has 1 aliphatic rings. The highest BCUT2D eigenvalue weighted by atomic mass is 16.7. The molecule has 12 heavy (non-hydrogen) atoms. The molecule has 0 spiro atoms. The topological polar surface area (TPSA) is 51.8 Å². The molecule has 0 aromatic carbocycles. The molecule has 0 aliphatic carbocycles. The van der Waals surface area contributed by atoms with Gasteiger partial charge in [0.05, 0.1) is 13.2 Å². The number of aromatic hydroxyl groups is 1. The number of ether oxygens (including phenoxy) is 2. The molecular weight excluding hydrogens is 160 g/mol. The monoisotopic (exact) mass is 170 g/mol. The van der Waals surface area contributed by atoms with Crippen molar-refractivity contribution in [2.24, 2.45) is 0 Å². The molecule has 0 saturated carbocycles. The van der Waals surface area contributed by atoms with Crippen LogP contribution in [-0.2, 0) is 9.47 Å². The molecule has 1 aromatic heterocycles. The van der Waals surface area contributed by atoms with E-state index in [-0.39, 0.29) is 5.95 Å². The van der Waals surface area contributed by atoms with E-state index in [9.17, 15) is 0 Å². The van der Waals surface area contributed by atoms with Crippen LogP contribution in [0.3, 0.4) is 0 Å². The highest BCUT2D eigenvalue weighted by molar-refractivity contribution is 5.11. The summed E-state index contributed by atoms with van der Waals surface area (Å²) in [4.78, 5) is 0. The summed E-state index contributed by atoms with van der Waals surface area (Å²) in [6.45, 7) is 1.35. The zero-order valence-corrected chi connectivity index (χ0v) is 6.53. The van der Waals surface area contributed by atoms with Crippen LogP contribution in [-0.4, -0.2) is 18.3 Å². The van der Waals surface area contributed by atoms with Gasteiger partial charge in [-0.2, -0.15) is 0 Å². The zero-order valence-electron chi connectivity index (χ0n) is 6.53. The van der Waals surface area contributed by atoms with Crippen molar-refractivity contribution in [2.45, 2.75) is 12.7 Å². The van der Waals surface area contributed by atoms with Gasteiger partial charge in [-0.15, -0.1) is 0 Å². The van der Waals surface area contributed by atoms with E-state index in [1.165, 1.54) is 6.07 Å². The molecule has 2 heterocycles. The lowest BCUT2D eigenvalue weighted by Gasteiger charge is -2.20. The molecule has 4 heteroatoms. The number of rotatable bonds is 1. The molecule has 0 atom stereocenters. The minimum absolute atomic E-state index is 0.109. The highest BCUT2D eigenvalue weighted by Gasteiger charge is 2.19. The van der Waals surface area contributed by atoms with Gasteiger partial charge in [-0.3, -0.25) is 0 Å². The number of hydrogen-bond acceptors (Lipinski definition) is 4. The Labute approximate surface area is 69.7 Å². The lowest BCUT2D eigenvalue weighted by molar-refractivity contribution is -0.192. The van der Waals surface area contributed by atoms with E-state index < -0.39 is 6.29 Å². The molecule has 4 nitrogen and oxygen atoms in total. The number of hydrogen-bond donors (Lipinski definition) is 1. The molecule has 0 bridgehead atoms. The minimum atomic E-state index is -0.445. The van der Waals surface area contributed by atoms with Crippen molar-refractivity contribution < 1.29 is 19.0 Å². The van der Waals surface area contributed by atoms with Gasteiger partial charge in [0.2, 0.25) is 6.29 Å². The Kier molecular flexibility index (Phi) is 2.01. The van der Waals surface area contributed by atoms with Crippen molar-refractivity contribution >= 4 is 0 Å². The second-order valence-corrected chi connectivity index (χ2v) is 2.60. The van der Waals surface area contributed by atoms with E-state index in [2.05, 4.69) is 0 Å². The predicted molar refractivity (Wildman–Crippen MR) is 39.6 cm³/mol. The maximum absolute atomic E-state index is 8.91. The molecule has 1 aromatic rings. The highest BCUT2D eigenvalue weighted by Crippen LogP contribution is 2.26. The normalized spacial score (nSPS) is 19.7. The van der Waals surface area contributed by atoms with Gasteiger partial charge in [-0.25, -0.2) is 0 Å². The SMILES string of the molecule is Oc1ccc(C2OCCCO2)o1. The van der Waals surface area contributed by atoms with E-state index in [4.69, 9.17) is 19.0 Å². The smallest absolute Gasteiger partial charge is 0.282 e. The molecule has 1 saturated heterocycles. The average Bonchev–Trinajstić information content (AvgIpc) is 2.54. The quantitative estimate of drug-likeness (QED) is 0.692. The van der Waals surface area contributed by atoms with E-state index >= 15 is 0 Å². The van der Waals surface area contributed by atoms with Gasteiger partial charge in [0, 0.05) is 6.07 Å². The van der Waals surface area contributed by atoms with Crippen LogP contribution < -0.4 is 0 Å². The molecular formula is C8H10O4. The summed E-state index contributed by atoms with van der Waals surface area (Å²) in [5.74, 6) is 0.412. The van der Waals surface area contributed by atoms with Crippen LogP contribution in [0.5, 0.6) is 5.95 Å². The molecule has 0 unspecified atom stereocenters. The summed E-state index contributed by atoms with van der Waals surface area (Å²) in [7, 11) is 0. The first kappa shape index (κ1) is 7.64. The fraction of sp³-hybridized carbons (Fsp3) is 0.500. The second kappa shape index (κ2) is 3.16. The van der Waals surface area contributed by atoms with Crippen LogP contribution >= 0.6 is 0 Å². The maximum Gasteiger partial charge on any atom is 0.282 e. The van der Waals surface area contributed by atoms with Crippen molar-refractivity contribution in [3.8, 4) is 5.95 Å². The summed E-state index contributed by atoms with van der Waals surface area (Å²) in [5, 5.41) is 8.91. The first-order valence-corrected chi connectivity index (χ1v) is 3.88. The van der Waals surface area contributed by atoms with E-state index in [0.29, 0.717) is 19.0 Å². The largest absolute Gasteiger partial charge is 0.481 e. The van der Waals surface area contributed by atoms with Crippen LogP contribution in [0.1, 0.15) is 18.5 Å². The Morgan fingerprint density at radius 3 is 2.58 bits per heavy atom. The van der Waals surface area contributed by atoms with Gasteiger partial charge in [-0.05, 0) is 12.5 Å². The standard InChI is InChI=1S/C8H10O4/c9-7-3-2-6(12-7)8-10-4-1-5-11-8/h2-3,8-9H,1,4-5H2. The van der Waals surface area contributed by atoms with Crippen molar-refractivity contribution in [3.05, 3.63) is 17.9 Å². The predicted octanol–water partition coefficient (Wildman–Crippen LogP) is 1.42. The molecule has 1 fully saturated rings. The van der Waals surface area contributed by atoms with Crippen LogP contribution in [0.15, 0.2) is 16.5 Å². The van der Waals surface area contributed by atoms with Crippen molar-refractivity contribution in [3.63, 3.8) is 0 Å². The van der Waals surface area contributed by atoms with Gasteiger partial charge in [0.1, 0.15) is 0 Å². The van der Waals surface area contributed by atoms with Crippen molar-refractivity contribution in [1.82, 2.24) is 0 Å². The van der Waals surface area contributed by atoms with Gasteiger partial charge in [-0.1, -0.05) is 0 Å². The molecule has 1 aliphatic heterocycles. The van der Waals surface area contributed by atoms with Gasteiger partial charge < -0.3 is 19.0 Å². The fourth-order valence-electron chi connectivity index (χ4n) is 1.12. The van der Waals surface area contributed by atoms with Crippen LogP contribution in [0.25, 0.3) is 0 Å². The third-order valence-electron chi connectivity index (χ3n) is 1.67. The third-order valence-corrected chi connectivity index (χ3v) is 1.67. The first-order chi connectivity index (χ1) is 5.86. The Morgan fingerprint density at radius 2 is 2.00 bits per heavy atom. The van der Waals surface area contributed by atoms with E-state index in [1.54, 1.807) is 6.07 Å². The van der Waals surface area contributed by atoms with Gasteiger partial charge in [0.15, 0.2) is 5.76 Å². The average molecular weight is 170 g/mol. The molecule has 2 rings (SSSR count). The second-order valence-electron chi connectivity index (χ2n) is 2.60. The van der Waals surface area contributed by atoms with Crippen molar-refractivity contribution in [1.29, 1.82) is 0 Å². The van der Waals surface area contributed by atoms with E-state index in [0.717, 1.165) is 6.42 Å². The molecule has 0 radical (unpaired) electrons. The summed E-state index contributed by atoms with van der Waals surface area (Å²) in [5.41, 5.74) is 0. The van der Waals surface area contributed by atoms with Crippen LogP contribution in [0, 0.1) is 0 Å². The van der Waals surface area contributed by atoms with Crippen LogP contribution in [0.4, 0.5) is 0 Å². The molecule has 66 valence electrons. The maximum atomic E-state index is 8.91. The molecule has 1 N–H and O–H groups in total. The fourth-order valence-corrected chi connectivity index (χ4v) is 1.12. The Bertz CT molecular complexity index is 249. The summed E-state index contributed by atoms with van der Waals surface area (Å²) >= 11 is 0. The van der Waals surface area contributed by atoms with Gasteiger partial charge >= 0.3 is 0 Å². The number of furan rings is 1. The van der Waals surface area contributed by atoms with Crippen molar-refractivity contribution in [2.75, 3.05) is 13.2 Å².